The minimum absolute atomic E-state index is 0.260. The van der Waals surface area contributed by atoms with Gasteiger partial charge in [-0.2, -0.15) is 0 Å². The summed E-state index contributed by atoms with van der Waals surface area (Å²) >= 11 is 0. The molecule has 0 saturated carbocycles. The molecule has 0 radical (unpaired) electrons. The van der Waals surface area contributed by atoms with Crippen LogP contribution in [-0.4, -0.2) is 20.6 Å². The van der Waals surface area contributed by atoms with Gasteiger partial charge in [-0.25, -0.2) is 9.78 Å². The van der Waals surface area contributed by atoms with Gasteiger partial charge in [-0.1, -0.05) is 20.8 Å². The predicted octanol–water partition coefficient (Wildman–Crippen LogP) is 2.60. The molecule has 4 nitrogen and oxygen atoms in total. The largest absolute Gasteiger partial charge is 0.476 e. The third kappa shape index (κ3) is 1.62. The second kappa shape index (κ2) is 3.92. The fourth-order valence-corrected chi connectivity index (χ4v) is 2.51. The summed E-state index contributed by atoms with van der Waals surface area (Å²) in [7, 11) is 0. The summed E-state index contributed by atoms with van der Waals surface area (Å²) in [6, 6.07) is 0. The molecule has 16 heavy (non-hydrogen) atoms. The molecule has 0 aromatic carbocycles. The molecule has 1 aromatic rings. The van der Waals surface area contributed by atoms with E-state index in [0.29, 0.717) is 5.92 Å². The van der Waals surface area contributed by atoms with E-state index in [1.165, 1.54) is 0 Å². The van der Waals surface area contributed by atoms with Crippen molar-refractivity contribution in [1.29, 1.82) is 0 Å². The number of imidazole rings is 1. The van der Waals surface area contributed by atoms with Crippen molar-refractivity contribution in [2.45, 2.75) is 52.0 Å². The molecular formula is C12H18N2O2. The first kappa shape index (κ1) is 11.2. The zero-order valence-electron chi connectivity index (χ0n) is 10.0. The lowest BCUT2D eigenvalue weighted by atomic mass is 9.96. The molecule has 0 bridgehead atoms. The smallest absolute Gasteiger partial charge is 0.356 e. The van der Waals surface area contributed by atoms with Crippen LogP contribution >= 0.6 is 0 Å². The molecule has 0 saturated heterocycles. The third-order valence-corrected chi connectivity index (χ3v) is 3.24. The Morgan fingerprint density at radius 3 is 2.81 bits per heavy atom. The van der Waals surface area contributed by atoms with E-state index in [9.17, 15) is 9.90 Å². The maximum atomic E-state index is 11.2. The molecule has 0 amide bonds. The highest BCUT2D eigenvalue weighted by Crippen LogP contribution is 2.32. The molecule has 0 spiro atoms. The van der Waals surface area contributed by atoms with Crippen molar-refractivity contribution in [2.75, 3.05) is 0 Å². The van der Waals surface area contributed by atoms with E-state index >= 15 is 0 Å². The van der Waals surface area contributed by atoms with Gasteiger partial charge in [0.05, 0.1) is 5.69 Å². The van der Waals surface area contributed by atoms with Gasteiger partial charge < -0.3 is 9.67 Å². The highest BCUT2D eigenvalue weighted by molar-refractivity contribution is 5.87. The second-order valence-corrected chi connectivity index (χ2v) is 4.86. The standard InChI is InChI=1S/C12H18N2O2/c1-7(2)11-13-9(12(15)16)10-8(3)5-4-6-14(10)11/h7-8H,4-6H2,1-3H3,(H,15,16). The Balaban J connectivity index is 2.60. The van der Waals surface area contributed by atoms with Crippen LogP contribution < -0.4 is 0 Å². The lowest BCUT2D eigenvalue weighted by molar-refractivity contribution is 0.0688. The van der Waals surface area contributed by atoms with Gasteiger partial charge in [0.15, 0.2) is 5.69 Å². The summed E-state index contributed by atoms with van der Waals surface area (Å²) < 4.78 is 2.11. The molecular weight excluding hydrogens is 204 g/mol. The Labute approximate surface area is 95.3 Å². The topological polar surface area (TPSA) is 55.1 Å². The van der Waals surface area contributed by atoms with Crippen LogP contribution in [0.2, 0.25) is 0 Å². The van der Waals surface area contributed by atoms with E-state index in [-0.39, 0.29) is 11.6 Å². The van der Waals surface area contributed by atoms with Gasteiger partial charge in [0.1, 0.15) is 5.82 Å². The molecule has 0 aliphatic carbocycles. The fraction of sp³-hybridized carbons (Fsp3) is 0.667. The van der Waals surface area contributed by atoms with Gasteiger partial charge in [-0.3, -0.25) is 0 Å². The van der Waals surface area contributed by atoms with Crippen LogP contribution in [0, 0.1) is 0 Å². The second-order valence-electron chi connectivity index (χ2n) is 4.86. The summed E-state index contributed by atoms with van der Waals surface area (Å²) in [5.74, 6) is 0.598. The summed E-state index contributed by atoms with van der Waals surface area (Å²) in [5.41, 5.74) is 1.18. The monoisotopic (exact) mass is 222 g/mol. The van der Waals surface area contributed by atoms with Gasteiger partial charge in [-0.05, 0) is 18.8 Å². The lowest BCUT2D eigenvalue weighted by Gasteiger charge is -2.23. The van der Waals surface area contributed by atoms with Crippen molar-refractivity contribution < 1.29 is 9.90 Å². The van der Waals surface area contributed by atoms with Crippen molar-refractivity contribution in [3.05, 3.63) is 17.2 Å². The Morgan fingerprint density at radius 1 is 1.56 bits per heavy atom. The molecule has 2 rings (SSSR count). The normalized spacial score (nSPS) is 19.9. The first-order valence-electron chi connectivity index (χ1n) is 5.86. The third-order valence-electron chi connectivity index (χ3n) is 3.24. The van der Waals surface area contributed by atoms with E-state index in [2.05, 4.69) is 30.3 Å². The maximum absolute atomic E-state index is 11.2. The van der Waals surface area contributed by atoms with Gasteiger partial charge in [0, 0.05) is 12.5 Å². The summed E-state index contributed by atoms with van der Waals surface area (Å²) in [4.78, 5) is 15.5. The average molecular weight is 222 g/mol. The molecule has 1 aliphatic heterocycles. The van der Waals surface area contributed by atoms with E-state index in [1.807, 2.05) is 0 Å². The van der Waals surface area contributed by atoms with Crippen LogP contribution in [0.3, 0.4) is 0 Å². The number of aromatic carboxylic acids is 1. The quantitative estimate of drug-likeness (QED) is 0.836. The predicted molar refractivity (Wildman–Crippen MR) is 60.9 cm³/mol. The molecule has 1 aliphatic rings. The van der Waals surface area contributed by atoms with Crippen molar-refractivity contribution in [2.24, 2.45) is 0 Å². The molecule has 1 aromatic heterocycles. The van der Waals surface area contributed by atoms with Gasteiger partial charge in [0.25, 0.3) is 0 Å². The molecule has 1 unspecified atom stereocenters. The zero-order chi connectivity index (χ0) is 11.9. The Hall–Kier alpha value is -1.32. The van der Waals surface area contributed by atoms with Gasteiger partial charge in [0.2, 0.25) is 0 Å². The highest BCUT2D eigenvalue weighted by atomic mass is 16.4. The minimum Gasteiger partial charge on any atom is -0.476 e. The van der Waals surface area contributed by atoms with Crippen LogP contribution in [0.25, 0.3) is 0 Å². The number of carboxylic acids is 1. The number of carbonyl (C=O) groups is 1. The molecule has 1 atom stereocenters. The summed E-state index contributed by atoms with van der Waals surface area (Å²) in [5, 5.41) is 9.18. The number of fused-ring (bicyclic) bond motifs is 1. The zero-order valence-corrected chi connectivity index (χ0v) is 10.0. The van der Waals surface area contributed by atoms with Gasteiger partial charge >= 0.3 is 5.97 Å². The number of hydrogen-bond acceptors (Lipinski definition) is 2. The van der Waals surface area contributed by atoms with Gasteiger partial charge in [-0.15, -0.1) is 0 Å². The molecule has 0 fully saturated rings. The summed E-state index contributed by atoms with van der Waals surface area (Å²) in [6.07, 6.45) is 2.17. The number of rotatable bonds is 2. The lowest BCUT2D eigenvalue weighted by Crippen LogP contribution is -2.17. The number of aromatic nitrogens is 2. The molecule has 4 heteroatoms. The van der Waals surface area contributed by atoms with Crippen LogP contribution in [0.5, 0.6) is 0 Å². The van der Waals surface area contributed by atoms with Crippen molar-refractivity contribution in [1.82, 2.24) is 9.55 Å². The van der Waals surface area contributed by atoms with Crippen LogP contribution in [0.15, 0.2) is 0 Å². The Morgan fingerprint density at radius 2 is 2.25 bits per heavy atom. The number of hydrogen-bond donors (Lipinski definition) is 1. The fourth-order valence-electron chi connectivity index (χ4n) is 2.51. The SMILES string of the molecule is CC(C)c1nc(C(=O)O)c2n1CCCC2C. The first-order chi connectivity index (χ1) is 7.52. The molecule has 2 heterocycles. The van der Waals surface area contributed by atoms with Crippen molar-refractivity contribution in [3.63, 3.8) is 0 Å². The van der Waals surface area contributed by atoms with Crippen LogP contribution in [-0.2, 0) is 6.54 Å². The number of nitrogens with zero attached hydrogens (tertiary/aromatic N) is 2. The van der Waals surface area contributed by atoms with E-state index in [1.54, 1.807) is 0 Å². The Kier molecular flexibility index (Phi) is 2.74. The van der Waals surface area contributed by atoms with Crippen molar-refractivity contribution in [3.8, 4) is 0 Å². The highest BCUT2D eigenvalue weighted by Gasteiger charge is 2.28. The Bertz CT molecular complexity index is 421. The van der Waals surface area contributed by atoms with E-state index in [0.717, 1.165) is 30.9 Å². The first-order valence-corrected chi connectivity index (χ1v) is 5.86. The molecule has 88 valence electrons. The van der Waals surface area contributed by atoms with Crippen LogP contribution in [0.4, 0.5) is 0 Å². The van der Waals surface area contributed by atoms with Crippen LogP contribution in [0.1, 0.15) is 67.5 Å². The van der Waals surface area contributed by atoms with E-state index < -0.39 is 5.97 Å². The maximum Gasteiger partial charge on any atom is 0.356 e. The minimum atomic E-state index is -0.899. The van der Waals surface area contributed by atoms with E-state index in [4.69, 9.17) is 0 Å². The molecule has 1 N–H and O–H groups in total. The van der Waals surface area contributed by atoms with Crippen molar-refractivity contribution >= 4 is 5.97 Å². The number of carboxylic acid groups (broad SMARTS) is 1. The average Bonchev–Trinajstić information content (AvgIpc) is 2.58. The summed E-state index contributed by atoms with van der Waals surface area (Å²) in [6.45, 7) is 7.11.